The van der Waals surface area contributed by atoms with Crippen molar-refractivity contribution >= 4 is 11.8 Å². The molecule has 164 valence electrons. The first-order valence-electron chi connectivity index (χ1n) is 12.0. The van der Waals surface area contributed by atoms with Crippen LogP contribution in [0.15, 0.2) is 28.9 Å². The highest BCUT2D eigenvalue weighted by Gasteiger charge is 2.63. The average molecular weight is 421 g/mol. The van der Waals surface area contributed by atoms with Crippen molar-refractivity contribution < 1.29 is 14.0 Å². The minimum absolute atomic E-state index is 0.0288. The molecule has 1 aromatic heterocycles. The van der Waals surface area contributed by atoms with Gasteiger partial charge in [-0.2, -0.15) is 0 Å². The fourth-order valence-electron chi connectivity index (χ4n) is 5.96. The van der Waals surface area contributed by atoms with Gasteiger partial charge >= 0.3 is 0 Å². The zero-order chi connectivity index (χ0) is 21.3. The minimum Gasteiger partial charge on any atom is -0.469 e. The molecule has 1 aromatic rings. The second kappa shape index (κ2) is 8.57. The summed E-state index contributed by atoms with van der Waals surface area (Å²) in [4.78, 5) is 32.0. The van der Waals surface area contributed by atoms with E-state index in [0.29, 0.717) is 13.0 Å². The fourth-order valence-corrected chi connectivity index (χ4v) is 5.96. The van der Waals surface area contributed by atoms with Gasteiger partial charge in [0.2, 0.25) is 11.8 Å². The maximum absolute atomic E-state index is 14.0. The quantitative estimate of drug-likeness (QED) is 0.362. The van der Waals surface area contributed by atoms with Crippen molar-refractivity contribution in [1.29, 1.82) is 0 Å². The van der Waals surface area contributed by atoms with Crippen molar-refractivity contribution in [2.75, 3.05) is 19.6 Å². The molecule has 0 unspecified atom stereocenters. The van der Waals surface area contributed by atoms with Crippen molar-refractivity contribution in [3.8, 4) is 11.8 Å². The molecular formula is C26H32N2O3. The number of amides is 2. The summed E-state index contributed by atoms with van der Waals surface area (Å²) < 4.78 is 5.87. The molecule has 6 heterocycles. The van der Waals surface area contributed by atoms with Crippen molar-refractivity contribution in [3.05, 3.63) is 35.8 Å². The Labute approximate surface area is 184 Å². The highest BCUT2D eigenvalue weighted by molar-refractivity contribution is 6.08. The van der Waals surface area contributed by atoms with Crippen LogP contribution < -0.4 is 0 Å². The average Bonchev–Trinajstić information content (AvgIpc) is 3.30. The maximum Gasteiger partial charge on any atom is 0.239 e. The Bertz CT molecular complexity index is 936. The van der Waals surface area contributed by atoms with Crippen LogP contribution in [0.5, 0.6) is 0 Å². The molecule has 5 nitrogen and oxygen atoms in total. The third kappa shape index (κ3) is 3.60. The first-order chi connectivity index (χ1) is 15.2. The van der Waals surface area contributed by atoms with Crippen molar-refractivity contribution in [2.45, 2.75) is 76.2 Å². The van der Waals surface area contributed by atoms with Crippen molar-refractivity contribution in [3.63, 3.8) is 0 Å². The largest absolute Gasteiger partial charge is 0.469 e. The molecule has 4 bridgehead atoms. The summed E-state index contributed by atoms with van der Waals surface area (Å²) >= 11 is 0. The molecule has 31 heavy (non-hydrogen) atoms. The molecule has 0 aromatic carbocycles. The Hall–Kier alpha value is -2.48. The number of aryl methyl sites for hydroxylation is 1. The van der Waals surface area contributed by atoms with Crippen LogP contribution in [0.4, 0.5) is 0 Å². The number of nitrogens with zero attached hydrogens (tertiary/aromatic N) is 2. The van der Waals surface area contributed by atoms with E-state index in [1.807, 2.05) is 9.80 Å². The Morgan fingerprint density at radius 2 is 1.87 bits per heavy atom. The van der Waals surface area contributed by atoms with E-state index in [-0.39, 0.29) is 23.8 Å². The fraction of sp³-hybridized carbons (Fsp3) is 0.615. The lowest BCUT2D eigenvalue weighted by Crippen LogP contribution is -2.56. The smallest absolute Gasteiger partial charge is 0.239 e. The summed E-state index contributed by atoms with van der Waals surface area (Å²) in [7, 11) is 0. The molecule has 3 atom stereocenters. The summed E-state index contributed by atoms with van der Waals surface area (Å²) in [6.45, 7) is 2.19. The van der Waals surface area contributed by atoms with E-state index in [4.69, 9.17) is 4.42 Å². The van der Waals surface area contributed by atoms with Gasteiger partial charge in [-0.05, 0) is 56.6 Å². The van der Waals surface area contributed by atoms with E-state index < -0.39 is 5.41 Å². The molecule has 2 saturated heterocycles. The maximum atomic E-state index is 14.0. The zero-order valence-electron chi connectivity index (χ0n) is 18.3. The number of fused-ring (bicyclic) bond motifs is 8. The third-order valence-corrected chi connectivity index (χ3v) is 7.58. The Morgan fingerprint density at radius 1 is 1.00 bits per heavy atom. The number of piperidine rings is 1. The van der Waals surface area contributed by atoms with Gasteiger partial charge in [-0.15, -0.1) is 11.8 Å². The van der Waals surface area contributed by atoms with Crippen LogP contribution in [0, 0.1) is 17.3 Å². The molecule has 5 heteroatoms. The predicted molar refractivity (Wildman–Crippen MR) is 118 cm³/mol. The number of carbonyl (C=O) groups is 2. The Morgan fingerprint density at radius 3 is 2.81 bits per heavy atom. The van der Waals surface area contributed by atoms with Gasteiger partial charge in [-0.3, -0.25) is 9.59 Å². The van der Waals surface area contributed by atoms with Crippen LogP contribution in [-0.2, 0) is 16.0 Å². The molecular weight excluding hydrogens is 388 g/mol. The molecule has 0 aliphatic carbocycles. The number of hydrogen-bond donors (Lipinski definition) is 0. The monoisotopic (exact) mass is 420 g/mol. The summed E-state index contributed by atoms with van der Waals surface area (Å²) in [5.41, 5.74) is 0.0220. The van der Waals surface area contributed by atoms with Gasteiger partial charge in [0.25, 0.3) is 0 Å². The molecule has 2 fully saturated rings. The topological polar surface area (TPSA) is 53.8 Å². The molecule has 0 radical (unpaired) electrons. The van der Waals surface area contributed by atoms with E-state index in [1.165, 1.54) is 0 Å². The number of rotatable bonds is 0. The summed E-state index contributed by atoms with van der Waals surface area (Å²) in [5.74, 6) is 7.36. The van der Waals surface area contributed by atoms with Crippen molar-refractivity contribution in [2.24, 2.45) is 5.41 Å². The highest BCUT2D eigenvalue weighted by atomic mass is 16.3. The number of allylic oxidation sites excluding steroid dienone is 1. The van der Waals surface area contributed by atoms with Gasteiger partial charge in [-0.25, -0.2) is 0 Å². The molecule has 1 spiro atoms. The van der Waals surface area contributed by atoms with Crippen molar-refractivity contribution in [1.82, 2.24) is 9.80 Å². The van der Waals surface area contributed by atoms with Gasteiger partial charge in [0.05, 0.1) is 12.3 Å². The molecule has 0 N–H and O–H groups in total. The number of furan rings is 1. The first-order valence-corrected chi connectivity index (χ1v) is 12.0. The summed E-state index contributed by atoms with van der Waals surface area (Å²) in [6.07, 6.45) is 15.1. The van der Waals surface area contributed by atoms with Crippen LogP contribution in [0.3, 0.4) is 0 Å². The van der Waals surface area contributed by atoms with E-state index in [9.17, 15) is 9.59 Å². The second-order valence-corrected chi connectivity index (χ2v) is 9.46. The molecule has 2 amide bonds. The normalized spacial score (nSPS) is 32.5. The van der Waals surface area contributed by atoms with Crippen LogP contribution in [-0.4, -0.2) is 47.3 Å². The van der Waals surface area contributed by atoms with Gasteiger partial charge in [0.15, 0.2) is 0 Å². The molecule has 0 saturated carbocycles. The van der Waals surface area contributed by atoms with Gasteiger partial charge in [0, 0.05) is 44.8 Å². The SMILES string of the molecule is O=C1N2CCCCC#CCCc3cc(co3)[C@H](CC2)[C@]12C[C@@H]1/C=C\CCCCN1C2=O. The minimum atomic E-state index is -0.991. The lowest BCUT2D eigenvalue weighted by Gasteiger charge is -2.43. The number of hydrogen-bond acceptors (Lipinski definition) is 3. The lowest BCUT2D eigenvalue weighted by molar-refractivity contribution is -0.157. The van der Waals surface area contributed by atoms with E-state index >= 15 is 0 Å². The Kier molecular flexibility index (Phi) is 5.65. The predicted octanol–water partition coefficient (Wildman–Crippen LogP) is 4.04. The Balaban J connectivity index is 1.55. The van der Waals surface area contributed by atoms with E-state index in [1.54, 1.807) is 6.26 Å². The molecule has 5 aliphatic heterocycles. The highest BCUT2D eigenvalue weighted by Crippen LogP contribution is 2.53. The van der Waals surface area contributed by atoms with Gasteiger partial charge < -0.3 is 14.2 Å². The van der Waals surface area contributed by atoms with Crippen LogP contribution in [0.25, 0.3) is 0 Å². The van der Waals surface area contributed by atoms with Crippen LogP contribution in [0.2, 0.25) is 0 Å². The van der Waals surface area contributed by atoms with Crippen LogP contribution >= 0.6 is 0 Å². The first kappa shape index (κ1) is 20.4. The molecule has 5 aliphatic rings. The molecule has 6 rings (SSSR count). The van der Waals surface area contributed by atoms with E-state index in [0.717, 1.165) is 82.2 Å². The zero-order valence-corrected chi connectivity index (χ0v) is 18.3. The standard InChI is InChI=1S/C26H32N2O3/c29-24-26(18-21-11-7-4-6-10-15-28(21)25(26)30)23-13-16-27(24)14-9-5-2-1-3-8-12-22-17-20(23)19-31-22/h7,11,17,19,21,23H,2,4-6,8-10,12-16,18H2/b11-7-/t21-,23-,26+/m0/s1. The summed E-state index contributed by atoms with van der Waals surface area (Å²) in [5, 5.41) is 0. The van der Waals surface area contributed by atoms with Gasteiger partial charge in [0.1, 0.15) is 11.2 Å². The second-order valence-electron chi connectivity index (χ2n) is 9.46. The van der Waals surface area contributed by atoms with Gasteiger partial charge in [-0.1, -0.05) is 12.2 Å². The van der Waals surface area contributed by atoms with E-state index in [2.05, 4.69) is 30.1 Å². The van der Waals surface area contributed by atoms with Crippen LogP contribution in [0.1, 0.15) is 75.0 Å². The third-order valence-electron chi connectivity index (χ3n) is 7.58. The summed E-state index contributed by atoms with van der Waals surface area (Å²) in [6, 6.07) is 2.11. The number of carbonyl (C=O) groups excluding carboxylic acids is 2. The lowest BCUT2D eigenvalue weighted by atomic mass is 9.65.